The van der Waals surface area contributed by atoms with Crippen LogP contribution in [0, 0.1) is 5.82 Å². The Hall–Kier alpha value is -2.67. The van der Waals surface area contributed by atoms with E-state index in [2.05, 4.69) is 0 Å². The molecule has 0 radical (unpaired) electrons. The van der Waals surface area contributed by atoms with E-state index >= 15 is 0 Å². The Bertz CT molecular complexity index is 908. The summed E-state index contributed by atoms with van der Waals surface area (Å²) in [4.78, 5) is 12.0. The van der Waals surface area contributed by atoms with Gasteiger partial charge in [-0.3, -0.25) is 9.10 Å². The van der Waals surface area contributed by atoms with Crippen molar-refractivity contribution in [1.29, 1.82) is 0 Å². The molecule has 0 spiro atoms. The first-order valence-corrected chi connectivity index (χ1v) is 9.26. The second-order valence-corrected chi connectivity index (χ2v) is 7.26. The van der Waals surface area contributed by atoms with E-state index in [1.165, 1.54) is 34.6 Å². The maximum atomic E-state index is 12.8. The zero-order chi connectivity index (χ0) is 17.9. The van der Waals surface area contributed by atoms with Gasteiger partial charge in [0.05, 0.1) is 5.69 Å². The fourth-order valence-electron chi connectivity index (χ4n) is 2.71. The van der Waals surface area contributed by atoms with Crippen LogP contribution in [0.15, 0.2) is 54.6 Å². The van der Waals surface area contributed by atoms with Crippen molar-refractivity contribution in [3.63, 3.8) is 0 Å². The summed E-state index contributed by atoms with van der Waals surface area (Å²) in [6, 6.07) is 12.8. The monoisotopic (exact) mass is 360 g/mol. The summed E-state index contributed by atoms with van der Waals surface area (Å²) in [6.07, 6.45) is 4.03. The van der Waals surface area contributed by atoms with Crippen LogP contribution in [0.25, 0.3) is 6.08 Å². The number of hydrogen-bond donors (Lipinski definition) is 1. The number of rotatable bonds is 4. The number of aryl methyl sites for hydroxylation is 1. The molecule has 130 valence electrons. The number of carbonyl (C=O) groups excluding carboxylic acids is 1. The number of hydrogen-bond acceptors (Lipinski definition) is 3. The topological polar surface area (TPSA) is 66.5 Å². The van der Waals surface area contributed by atoms with Crippen molar-refractivity contribution in [3.05, 3.63) is 71.6 Å². The lowest BCUT2D eigenvalue weighted by molar-refractivity contribution is -0.114. The van der Waals surface area contributed by atoms with E-state index in [1.54, 1.807) is 12.1 Å². The van der Waals surface area contributed by atoms with Crippen molar-refractivity contribution >= 4 is 27.9 Å². The molecule has 1 heterocycles. The highest BCUT2D eigenvalue weighted by molar-refractivity contribution is 7.91. The second-order valence-electron chi connectivity index (χ2n) is 5.66. The number of halogens is 1. The third-order valence-electron chi connectivity index (χ3n) is 3.88. The quantitative estimate of drug-likeness (QED) is 0.853. The Morgan fingerprint density at radius 2 is 1.84 bits per heavy atom. The summed E-state index contributed by atoms with van der Waals surface area (Å²) in [5.74, 6) is -1.14. The van der Waals surface area contributed by atoms with Crippen molar-refractivity contribution in [2.75, 3.05) is 10.8 Å². The molecule has 1 aliphatic rings. The van der Waals surface area contributed by atoms with Crippen molar-refractivity contribution in [1.82, 2.24) is 4.72 Å². The first kappa shape index (κ1) is 17.2. The molecule has 25 heavy (non-hydrogen) atoms. The van der Waals surface area contributed by atoms with Gasteiger partial charge < -0.3 is 0 Å². The number of nitrogens with zero attached hydrogens (tertiary/aromatic N) is 1. The number of fused-ring (bicyclic) bond motifs is 1. The van der Waals surface area contributed by atoms with Crippen LogP contribution in [0.4, 0.5) is 10.1 Å². The van der Waals surface area contributed by atoms with E-state index in [-0.39, 0.29) is 5.82 Å². The number of nitrogens with one attached hydrogen (secondary N) is 1. The molecule has 0 atom stereocenters. The maximum Gasteiger partial charge on any atom is 0.326 e. The van der Waals surface area contributed by atoms with Gasteiger partial charge in [0, 0.05) is 12.6 Å². The first-order chi connectivity index (χ1) is 12.0. The van der Waals surface area contributed by atoms with Crippen molar-refractivity contribution in [2.45, 2.75) is 12.8 Å². The van der Waals surface area contributed by atoms with Gasteiger partial charge in [-0.15, -0.1) is 0 Å². The van der Waals surface area contributed by atoms with E-state index in [0.717, 1.165) is 18.1 Å². The molecule has 0 aliphatic carbocycles. The lowest BCUT2D eigenvalue weighted by Gasteiger charge is -2.29. The predicted molar refractivity (Wildman–Crippen MR) is 94.6 cm³/mol. The van der Waals surface area contributed by atoms with Crippen molar-refractivity contribution in [2.24, 2.45) is 0 Å². The van der Waals surface area contributed by atoms with Gasteiger partial charge in [-0.1, -0.05) is 30.3 Å². The smallest absolute Gasteiger partial charge is 0.269 e. The van der Waals surface area contributed by atoms with Gasteiger partial charge >= 0.3 is 10.2 Å². The third-order valence-corrected chi connectivity index (χ3v) is 5.30. The SMILES string of the molecule is O=C(C=Cc1ccc(F)cc1)NS(=O)(=O)N1CCCc2ccccc21. The molecule has 3 rings (SSSR count). The van der Waals surface area contributed by atoms with E-state index in [4.69, 9.17) is 0 Å². The van der Waals surface area contributed by atoms with Crippen LogP contribution in [0.5, 0.6) is 0 Å². The normalized spacial score (nSPS) is 14.4. The highest BCUT2D eigenvalue weighted by Gasteiger charge is 2.28. The minimum absolute atomic E-state index is 0.321. The molecule has 2 aromatic rings. The van der Waals surface area contributed by atoms with E-state index in [9.17, 15) is 17.6 Å². The van der Waals surface area contributed by atoms with Gasteiger partial charge in [0.1, 0.15) is 5.82 Å². The number of carbonyl (C=O) groups is 1. The number of benzene rings is 2. The average Bonchev–Trinajstić information content (AvgIpc) is 2.60. The fourth-order valence-corrected chi connectivity index (χ4v) is 3.95. The summed E-state index contributed by atoms with van der Waals surface area (Å²) < 4.78 is 41.2. The first-order valence-electron chi connectivity index (χ1n) is 7.82. The second kappa shape index (κ2) is 7.06. The lowest BCUT2D eigenvalue weighted by atomic mass is 10.0. The molecular weight excluding hydrogens is 343 g/mol. The van der Waals surface area contributed by atoms with E-state index < -0.39 is 16.1 Å². The fraction of sp³-hybridized carbons (Fsp3) is 0.167. The number of amides is 1. The molecule has 0 unspecified atom stereocenters. The molecule has 0 fully saturated rings. The summed E-state index contributed by atoms with van der Waals surface area (Å²) in [5, 5.41) is 0. The molecule has 1 N–H and O–H groups in total. The van der Waals surface area contributed by atoms with Gasteiger partial charge in [0.15, 0.2) is 0 Å². The van der Waals surface area contributed by atoms with Gasteiger partial charge in [0.2, 0.25) is 0 Å². The van der Waals surface area contributed by atoms with Crippen LogP contribution in [-0.2, 0) is 21.4 Å². The van der Waals surface area contributed by atoms with Crippen LogP contribution in [0.1, 0.15) is 17.5 Å². The maximum absolute atomic E-state index is 12.8. The summed E-state index contributed by atoms with van der Waals surface area (Å²) >= 11 is 0. The van der Waals surface area contributed by atoms with Crippen molar-refractivity contribution < 1.29 is 17.6 Å². The van der Waals surface area contributed by atoms with Gasteiger partial charge in [0.25, 0.3) is 5.91 Å². The molecule has 0 aromatic heterocycles. The molecule has 5 nitrogen and oxygen atoms in total. The predicted octanol–water partition coefficient (Wildman–Crippen LogP) is 2.65. The molecule has 1 aliphatic heterocycles. The van der Waals surface area contributed by atoms with E-state index in [1.807, 2.05) is 16.9 Å². The molecular formula is C18H17FN2O3S. The van der Waals surface area contributed by atoms with Crippen LogP contribution in [0.2, 0.25) is 0 Å². The Labute approximate surface area is 146 Å². The van der Waals surface area contributed by atoms with Crippen LogP contribution >= 0.6 is 0 Å². The molecule has 0 saturated carbocycles. The highest BCUT2D eigenvalue weighted by Crippen LogP contribution is 2.28. The van der Waals surface area contributed by atoms with Gasteiger partial charge in [-0.05, 0) is 48.2 Å². The van der Waals surface area contributed by atoms with Crippen LogP contribution in [0.3, 0.4) is 0 Å². The molecule has 0 saturated heterocycles. The Morgan fingerprint density at radius 1 is 1.12 bits per heavy atom. The van der Waals surface area contributed by atoms with Crippen LogP contribution in [-0.4, -0.2) is 20.9 Å². The van der Waals surface area contributed by atoms with Crippen LogP contribution < -0.4 is 9.03 Å². The van der Waals surface area contributed by atoms with Gasteiger partial charge in [-0.2, -0.15) is 8.42 Å². The molecule has 1 amide bonds. The average molecular weight is 360 g/mol. The Balaban J connectivity index is 1.73. The Morgan fingerprint density at radius 3 is 2.60 bits per heavy atom. The lowest BCUT2D eigenvalue weighted by Crippen LogP contribution is -2.45. The summed E-state index contributed by atoms with van der Waals surface area (Å²) in [5.41, 5.74) is 2.13. The Kier molecular flexibility index (Phi) is 4.85. The minimum Gasteiger partial charge on any atom is -0.269 e. The zero-order valence-corrected chi connectivity index (χ0v) is 14.2. The largest absolute Gasteiger partial charge is 0.326 e. The van der Waals surface area contributed by atoms with Gasteiger partial charge in [-0.25, -0.2) is 9.11 Å². The van der Waals surface area contributed by atoms with Crippen molar-refractivity contribution in [3.8, 4) is 0 Å². The minimum atomic E-state index is -3.98. The number of para-hydroxylation sites is 1. The summed E-state index contributed by atoms with van der Waals surface area (Å²) in [7, 11) is -3.98. The third kappa shape index (κ3) is 4.06. The molecule has 2 aromatic carbocycles. The standard InChI is InChI=1S/C18H17FN2O3S/c19-16-10-7-14(8-11-16)9-12-18(22)20-25(23,24)21-13-3-5-15-4-1-2-6-17(15)21/h1-2,4,6-12H,3,5,13H2,(H,20,22). The number of anilines is 1. The van der Waals surface area contributed by atoms with E-state index in [0.29, 0.717) is 24.2 Å². The molecule has 0 bridgehead atoms. The highest BCUT2D eigenvalue weighted by atomic mass is 32.2. The molecule has 7 heteroatoms. The zero-order valence-electron chi connectivity index (χ0n) is 13.4. The summed E-state index contributed by atoms with van der Waals surface area (Å²) in [6.45, 7) is 0.321.